The van der Waals surface area contributed by atoms with Crippen LogP contribution in [0.5, 0.6) is 0 Å². The molecule has 0 radical (unpaired) electrons. The average molecular weight is 584 g/mol. The Bertz CT molecular complexity index is 1620. The van der Waals surface area contributed by atoms with E-state index in [0.717, 1.165) is 32.1 Å². The van der Waals surface area contributed by atoms with Crippen LogP contribution < -0.4 is 9.62 Å². The minimum absolute atomic E-state index is 0.0858. The van der Waals surface area contributed by atoms with Gasteiger partial charge in [-0.3, -0.25) is 13.9 Å². The molecule has 8 heteroatoms. The summed E-state index contributed by atoms with van der Waals surface area (Å²) < 4.78 is 29.4. The van der Waals surface area contributed by atoms with Gasteiger partial charge >= 0.3 is 0 Å². The lowest BCUT2D eigenvalue weighted by atomic mass is 10.0. The van der Waals surface area contributed by atoms with Gasteiger partial charge in [-0.25, -0.2) is 8.42 Å². The van der Waals surface area contributed by atoms with Crippen LogP contribution in [0, 0.1) is 20.8 Å². The summed E-state index contributed by atoms with van der Waals surface area (Å²) in [5.41, 5.74) is 4.74. The van der Waals surface area contributed by atoms with Crippen LogP contribution in [0.25, 0.3) is 0 Å². The van der Waals surface area contributed by atoms with Crippen molar-refractivity contribution in [2.24, 2.45) is 0 Å². The van der Waals surface area contributed by atoms with E-state index in [1.807, 2.05) is 93.6 Å². The molecule has 1 atom stereocenters. The number of carbonyl (C=O) groups excluding carboxylic acids is 2. The summed E-state index contributed by atoms with van der Waals surface area (Å²) in [6.45, 7) is 5.30. The summed E-state index contributed by atoms with van der Waals surface area (Å²) in [6, 6.07) is 30.0. The third kappa shape index (κ3) is 7.25. The van der Waals surface area contributed by atoms with Crippen LogP contribution >= 0.6 is 0 Å². The van der Waals surface area contributed by atoms with E-state index in [1.54, 1.807) is 30.3 Å². The molecular formula is C34H37N3O4S. The van der Waals surface area contributed by atoms with Gasteiger partial charge in [-0.1, -0.05) is 96.1 Å². The molecule has 0 aliphatic carbocycles. The van der Waals surface area contributed by atoms with Crippen LogP contribution in [0.3, 0.4) is 0 Å². The molecule has 0 heterocycles. The standard InChI is InChI=1S/C34H37N3O4S/c1-25-15-18-30(19-16-25)42(40,41)37(31-20-17-26(2)21-27(31)3)24-33(38)36(23-29-13-9-6-10-14-29)32(34(39)35-4)22-28-11-7-5-8-12-28/h5-21,32H,22-24H2,1-4H3,(H,35,39). The van der Waals surface area contributed by atoms with Crippen LogP contribution in [0.2, 0.25) is 0 Å². The molecule has 4 aromatic carbocycles. The summed E-state index contributed by atoms with van der Waals surface area (Å²) in [6.07, 6.45) is 0.271. The van der Waals surface area contributed by atoms with Gasteiger partial charge in [0, 0.05) is 20.0 Å². The van der Waals surface area contributed by atoms with E-state index in [2.05, 4.69) is 5.32 Å². The maximum Gasteiger partial charge on any atom is 0.264 e. The van der Waals surface area contributed by atoms with Crippen molar-refractivity contribution in [2.75, 3.05) is 17.9 Å². The highest BCUT2D eigenvalue weighted by atomic mass is 32.2. The summed E-state index contributed by atoms with van der Waals surface area (Å²) in [4.78, 5) is 29.2. The topological polar surface area (TPSA) is 86.8 Å². The number of hydrogen-bond acceptors (Lipinski definition) is 4. The number of nitrogens with one attached hydrogen (secondary N) is 1. The summed E-state index contributed by atoms with van der Waals surface area (Å²) in [5.74, 6) is -0.818. The molecule has 1 N–H and O–H groups in total. The molecule has 4 aromatic rings. The van der Waals surface area contributed by atoms with Crippen molar-refractivity contribution in [3.63, 3.8) is 0 Å². The number of amides is 2. The number of anilines is 1. The molecule has 0 aliphatic rings. The van der Waals surface area contributed by atoms with Crippen molar-refractivity contribution in [2.45, 2.75) is 44.7 Å². The number of benzene rings is 4. The van der Waals surface area contributed by atoms with Crippen LogP contribution in [0.1, 0.15) is 27.8 Å². The van der Waals surface area contributed by atoms with E-state index >= 15 is 0 Å². The fraction of sp³-hybridized carbons (Fsp3) is 0.235. The molecule has 1 unspecified atom stereocenters. The van der Waals surface area contributed by atoms with Gasteiger partial charge < -0.3 is 10.2 Å². The van der Waals surface area contributed by atoms with Gasteiger partial charge in [0.2, 0.25) is 11.8 Å². The highest BCUT2D eigenvalue weighted by Crippen LogP contribution is 2.28. The molecule has 0 saturated carbocycles. The number of carbonyl (C=O) groups is 2. The minimum Gasteiger partial charge on any atom is -0.357 e. The van der Waals surface area contributed by atoms with Crippen LogP contribution in [0.4, 0.5) is 5.69 Å². The number of aryl methyl sites for hydroxylation is 3. The zero-order valence-corrected chi connectivity index (χ0v) is 25.3. The predicted molar refractivity (Wildman–Crippen MR) is 167 cm³/mol. The van der Waals surface area contributed by atoms with Crippen molar-refractivity contribution in [3.05, 3.63) is 131 Å². The van der Waals surface area contributed by atoms with E-state index in [4.69, 9.17) is 0 Å². The maximum atomic E-state index is 14.3. The minimum atomic E-state index is -4.13. The lowest BCUT2D eigenvalue weighted by Crippen LogP contribution is -2.53. The molecule has 0 bridgehead atoms. The maximum absolute atomic E-state index is 14.3. The third-order valence-corrected chi connectivity index (χ3v) is 9.00. The van der Waals surface area contributed by atoms with Gasteiger partial charge in [-0.15, -0.1) is 0 Å². The Morgan fingerprint density at radius 1 is 0.762 bits per heavy atom. The lowest BCUT2D eigenvalue weighted by Gasteiger charge is -2.34. The second kappa shape index (κ2) is 13.5. The SMILES string of the molecule is CNC(=O)C(Cc1ccccc1)N(Cc1ccccc1)C(=O)CN(c1ccc(C)cc1C)S(=O)(=O)c1ccc(C)cc1. The normalized spacial score (nSPS) is 11.9. The fourth-order valence-electron chi connectivity index (χ4n) is 4.94. The van der Waals surface area contributed by atoms with E-state index in [-0.39, 0.29) is 23.8 Å². The van der Waals surface area contributed by atoms with Gasteiger partial charge in [0.1, 0.15) is 12.6 Å². The molecule has 0 saturated heterocycles. The van der Waals surface area contributed by atoms with Crippen LogP contribution in [-0.4, -0.2) is 44.8 Å². The smallest absolute Gasteiger partial charge is 0.264 e. The van der Waals surface area contributed by atoms with Gasteiger partial charge in [0.05, 0.1) is 10.6 Å². The highest BCUT2D eigenvalue weighted by molar-refractivity contribution is 7.92. The van der Waals surface area contributed by atoms with Crippen molar-refractivity contribution < 1.29 is 18.0 Å². The molecule has 7 nitrogen and oxygen atoms in total. The Kier molecular flexibility index (Phi) is 9.80. The fourth-order valence-corrected chi connectivity index (χ4v) is 6.42. The highest BCUT2D eigenvalue weighted by Gasteiger charge is 2.34. The van der Waals surface area contributed by atoms with Crippen molar-refractivity contribution >= 4 is 27.5 Å². The van der Waals surface area contributed by atoms with Gasteiger partial charge in [-0.2, -0.15) is 0 Å². The number of nitrogens with zero attached hydrogens (tertiary/aromatic N) is 2. The Labute approximate surface area is 248 Å². The van der Waals surface area contributed by atoms with Crippen LogP contribution in [0.15, 0.2) is 108 Å². The van der Waals surface area contributed by atoms with Gasteiger partial charge in [-0.05, 0) is 55.7 Å². The third-order valence-electron chi connectivity index (χ3n) is 7.22. The molecule has 0 fully saturated rings. The first kappa shape index (κ1) is 30.5. The lowest BCUT2D eigenvalue weighted by molar-refractivity contribution is -0.139. The monoisotopic (exact) mass is 583 g/mol. The molecular weight excluding hydrogens is 546 g/mol. The molecule has 42 heavy (non-hydrogen) atoms. The van der Waals surface area contributed by atoms with E-state index < -0.39 is 28.5 Å². The summed E-state index contributed by atoms with van der Waals surface area (Å²) in [5, 5.41) is 2.70. The first-order chi connectivity index (χ1) is 20.1. The number of likely N-dealkylation sites (N-methyl/N-ethyl adjacent to an activating group) is 1. The molecule has 0 aliphatic heterocycles. The van der Waals surface area contributed by atoms with Crippen molar-refractivity contribution in [1.29, 1.82) is 0 Å². The summed E-state index contributed by atoms with van der Waals surface area (Å²) >= 11 is 0. The molecule has 218 valence electrons. The molecule has 0 spiro atoms. The van der Waals surface area contributed by atoms with E-state index in [0.29, 0.717) is 5.69 Å². The Hall–Kier alpha value is -4.43. The quantitative estimate of drug-likeness (QED) is 0.263. The largest absolute Gasteiger partial charge is 0.357 e. The molecule has 2 amide bonds. The Morgan fingerprint density at radius 2 is 1.33 bits per heavy atom. The average Bonchev–Trinajstić information content (AvgIpc) is 2.98. The summed E-state index contributed by atoms with van der Waals surface area (Å²) in [7, 11) is -2.60. The van der Waals surface area contributed by atoms with Gasteiger partial charge in [0.25, 0.3) is 10.0 Å². The van der Waals surface area contributed by atoms with E-state index in [9.17, 15) is 18.0 Å². The van der Waals surface area contributed by atoms with Crippen molar-refractivity contribution in [1.82, 2.24) is 10.2 Å². The molecule has 0 aromatic heterocycles. The first-order valence-corrected chi connectivity index (χ1v) is 15.3. The predicted octanol–water partition coefficient (Wildman–Crippen LogP) is 5.19. The van der Waals surface area contributed by atoms with Crippen LogP contribution in [-0.2, 0) is 32.6 Å². The number of rotatable bonds is 11. The zero-order valence-electron chi connectivity index (χ0n) is 24.4. The number of sulfonamides is 1. The molecule has 4 rings (SSSR count). The van der Waals surface area contributed by atoms with E-state index in [1.165, 1.54) is 11.9 Å². The number of hydrogen-bond donors (Lipinski definition) is 1. The first-order valence-electron chi connectivity index (χ1n) is 13.9. The van der Waals surface area contributed by atoms with Gasteiger partial charge in [0.15, 0.2) is 0 Å². The second-order valence-corrected chi connectivity index (χ2v) is 12.3. The Morgan fingerprint density at radius 3 is 1.90 bits per heavy atom. The van der Waals surface area contributed by atoms with Crippen molar-refractivity contribution in [3.8, 4) is 0 Å². The Balaban J connectivity index is 1.80. The second-order valence-electron chi connectivity index (χ2n) is 10.4. The zero-order chi connectivity index (χ0) is 30.3.